The van der Waals surface area contributed by atoms with Gasteiger partial charge >= 0.3 is 0 Å². The van der Waals surface area contributed by atoms with Gasteiger partial charge in [-0.25, -0.2) is 4.39 Å². The Labute approximate surface area is 120 Å². The van der Waals surface area contributed by atoms with Gasteiger partial charge in [0.15, 0.2) is 11.6 Å². The molecule has 0 aromatic heterocycles. The summed E-state index contributed by atoms with van der Waals surface area (Å²) in [6, 6.07) is 10.9. The number of rotatable bonds is 3. The second kappa shape index (κ2) is 5.40. The molecule has 0 radical (unpaired) electrons. The lowest BCUT2D eigenvalue weighted by Crippen LogP contribution is -2.21. The largest absolute Gasteiger partial charge is 0.490 e. The SMILES string of the molecule is O=[N+]([O-])c1ccccc1N[C@H]1CCOc2c(F)cccc21. The van der Waals surface area contributed by atoms with Crippen molar-refractivity contribution in [3.05, 3.63) is 64.0 Å². The Hall–Kier alpha value is -2.63. The Morgan fingerprint density at radius 2 is 2.05 bits per heavy atom. The number of anilines is 1. The molecule has 0 saturated heterocycles. The predicted molar refractivity (Wildman–Crippen MR) is 76.0 cm³/mol. The van der Waals surface area contributed by atoms with Crippen LogP contribution in [0, 0.1) is 15.9 Å². The van der Waals surface area contributed by atoms with Crippen molar-refractivity contribution >= 4 is 11.4 Å². The van der Waals surface area contributed by atoms with Gasteiger partial charge in [0.2, 0.25) is 0 Å². The number of nitro benzene ring substituents is 1. The van der Waals surface area contributed by atoms with E-state index in [1.807, 2.05) is 0 Å². The van der Waals surface area contributed by atoms with E-state index < -0.39 is 10.7 Å². The van der Waals surface area contributed by atoms with Crippen LogP contribution in [0.1, 0.15) is 18.0 Å². The number of ether oxygens (including phenoxy) is 1. The van der Waals surface area contributed by atoms with Gasteiger partial charge in [-0.1, -0.05) is 24.3 Å². The normalized spacial score (nSPS) is 16.7. The van der Waals surface area contributed by atoms with E-state index in [-0.39, 0.29) is 17.5 Å². The van der Waals surface area contributed by atoms with Crippen LogP contribution in [0.2, 0.25) is 0 Å². The average molecular weight is 288 g/mol. The Bertz CT molecular complexity index is 690. The molecule has 0 fully saturated rings. The summed E-state index contributed by atoms with van der Waals surface area (Å²) in [6.45, 7) is 0.367. The van der Waals surface area contributed by atoms with E-state index in [9.17, 15) is 14.5 Å². The van der Waals surface area contributed by atoms with Gasteiger partial charge < -0.3 is 10.1 Å². The average Bonchev–Trinajstić information content (AvgIpc) is 2.49. The molecule has 5 nitrogen and oxygen atoms in total. The van der Waals surface area contributed by atoms with Gasteiger partial charge in [0.1, 0.15) is 5.69 Å². The van der Waals surface area contributed by atoms with Gasteiger partial charge in [0.25, 0.3) is 5.69 Å². The molecule has 1 atom stereocenters. The minimum atomic E-state index is -0.436. The first-order valence-electron chi connectivity index (χ1n) is 6.58. The summed E-state index contributed by atoms with van der Waals surface area (Å²) >= 11 is 0. The number of nitrogens with zero attached hydrogens (tertiary/aromatic N) is 1. The molecule has 3 rings (SSSR count). The highest BCUT2D eigenvalue weighted by molar-refractivity contribution is 5.62. The summed E-state index contributed by atoms with van der Waals surface area (Å²) in [4.78, 5) is 10.6. The molecule has 0 unspecified atom stereocenters. The lowest BCUT2D eigenvalue weighted by atomic mass is 10.00. The third-order valence-electron chi connectivity index (χ3n) is 3.46. The standard InChI is InChI=1S/C15H13FN2O3/c16-11-5-3-4-10-12(8-9-21-15(10)11)17-13-6-1-2-7-14(13)18(19)20/h1-7,12,17H,8-9H2/t12-/m0/s1. The van der Waals surface area contributed by atoms with E-state index >= 15 is 0 Å². The first-order valence-corrected chi connectivity index (χ1v) is 6.58. The smallest absolute Gasteiger partial charge is 0.292 e. The van der Waals surface area contributed by atoms with Gasteiger partial charge in [0, 0.05) is 18.1 Å². The van der Waals surface area contributed by atoms with E-state index in [0.717, 1.165) is 0 Å². The number of nitro groups is 1. The maximum Gasteiger partial charge on any atom is 0.292 e. The molecule has 0 saturated carbocycles. The zero-order valence-corrected chi connectivity index (χ0v) is 11.1. The molecule has 0 spiro atoms. The summed E-state index contributed by atoms with van der Waals surface area (Å²) in [5, 5.41) is 14.2. The summed E-state index contributed by atoms with van der Waals surface area (Å²) < 4.78 is 19.1. The number of halogens is 1. The first-order chi connectivity index (χ1) is 10.2. The Kier molecular flexibility index (Phi) is 3.43. The number of nitrogens with one attached hydrogen (secondary N) is 1. The minimum Gasteiger partial charge on any atom is -0.490 e. The molecule has 6 heteroatoms. The summed E-state index contributed by atoms with van der Waals surface area (Å²) in [5.41, 5.74) is 1.10. The molecule has 1 aliphatic heterocycles. The van der Waals surface area contributed by atoms with Crippen molar-refractivity contribution in [1.29, 1.82) is 0 Å². The molecule has 2 aromatic carbocycles. The van der Waals surface area contributed by atoms with Gasteiger partial charge in [-0.05, 0) is 12.1 Å². The van der Waals surface area contributed by atoms with Gasteiger partial charge in [-0.2, -0.15) is 0 Å². The first kappa shape index (κ1) is 13.4. The minimum absolute atomic E-state index is 0.00180. The van der Waals surface area contributed by atoms with Crippen LogP contribution in [0.4, 0.5) is 15.8 Å². The van der Waals surface area contributed by atoms with Crippen LogP contribution in [-0.4, -0.2) is 11.5 Å². The predicted octanol–water partition coefficient (Wildman–Crippen LogP) is 3.67. The molecule has 1 aliphatic rings. The number of para-hydroxylation sites is 3. The van der Waals surface area contributed by atoms with Gasteiger partial charge in [0.05, 0.1) is 17.6 Å². The highest BCUT2D eigenvalue weighted by Gasteiger charge is 2.25. The molecule has 108 valence electrons. The van der Waals surface area contributed by atoms with Crippen LogP contribution in [0.3, 0.4) is 0 Å². The lowest BCUT2D eigenvalue weighted by molar-refractivity contribution is -0.384. The number of benzene rings is 2. The monoisotopic (exact) mass is 288 g/mol. The molecule has 1 heterocycles. The van der Waals surface area contributed by atoms with Crippen molar-refractivity contribution in [2.24, 2.45) is 0 Å². The summed E-state index contributed by atoms with van der Waals surface area (Å²) in [7, 11) is 0. The molecule has 0 amide bonds. The molecule has 0 bridgehead atoms. The van der Waals surface area contributed by atoms with Crippen LogP contribution in [0.25, 0.3) is 0 Å². The van der Waals surface area contributed by atoms with Crippen molar-refractivity contribution in [2.75, 3.05) is 11.9 Å². The van der Waals surface area contributed by atoms with Gasteiger partial charge in [-0.15, -0.1) is 0 Å². The molecular weight excluding hydrogens is 275 g/mol. The van der Waals surface area contributed by atoms with Crippen LogP contribution < -0.4 is 10.1 Å². The lowest BCUT2D eigenvalue weighted by Gasteiger charge is -2.27. The molecule has 1 N–H and O–H groups in total. The van der Waals surface area contributed by atoms with E-state index in [1.165, 1.54) is 12.1 Å². The van der Waals surface area contributed by atoms with Crippen molar-refractivity contribution in [1.82, 2.24) is 0 Å². The second-order valence-corrected chi connectivity index (χ2v) is 4.77. The third-order valence-corrected chi connectivity index (χ3v) is 3.46. The highest BCUT2D eigenvalue weighted by Crippen LogP contribution is 2.37. The Morgan fingerprint density at radius 1 is 1.24 bits per heavy atom. The van der Waals surface area contributed by atoms with Crippen molar-refractivity contribution in [3.8, 4) is 5.75 Å². The van der Waals surface area contributed by atoms with Gasteiger partial charge in [-0.3, -0.25) is 10.1 Å². The maximum absolute atomic E-state index is 13.7. The quantitative estimate of drug-likeness (QED) is 0.691. The van der Waals surface area contributed by atoms with E-state index in [4.69, 9.17) is 4.74 Å². The van der Waals surface area contributed by atoms with E-state index in [2.05, 4.69) is 5.32 Å². The Morgan fingerprint density at radius 3 is 2.86 bits per heavy atom. The summed E-state index contributed by atoms with van der Waals surface area (Å²) in [5.74, 6) is -0.193. The zero-order chi connectivity index (χ0) is 14.8. The van der Waals surface area contributed by atoms with Crippen molar-refractivity contribution in [3.63, 3.8) is 0 Å². The molecule has 2 aromatic rings. The Balaban J connectivity index is 1.95. The molecule has 0 aliphatic carbocycles. The zero-order valence-electron chi connectivity index (χ0n) is 11.1. The third kappa shape index (κ3) is 2.52. The van der Waals surface area contributed by atoms with Crippen LogP contribution in [0.15, 0.2) is 42.5 Å². The van der Waals surface area contributed by atoms with Crippen LogP contribution >= 0.6 is 0 Å². The van der Waals surface area contributed by atoms with Crippen LogP contribution in [0.5, 0.6) is 5.75 Å². The fourth-order valence-corrected chi connectivity index (χ4v) is 2.48. The van der Waals surface area contributed by atoms with E-state index in [0.29, 0.717) is 24.3 Å². The molecular formula is C15H13FN2O3. The second-order valence-electron chi connectivity index (χ2n) is 4.77. The van der Waals surface area contributed by atoms with E-state index in [1.54, 1.807) is 30.3 Å². The topological polar surface area (TPSA) is 64.4 Å². The number of hydrogen-bond acceptors (Lipinski definition) is 4. The number of hydrogen-bond donors (Lipinski definition) is 1. The van der Waals surface area contributed by atoms with Crippen molar-refractivity contribution < 1.29 is 14.1 Å². The highest BCUT2D eigenvalue weighted by atomic mass is 19.1. The van der Waals surface area contributed by atoms with Crippen LogP contribution in [-0.2, 0) is 0 Å². The fraction of sp³-hybridized carbons (Fsp3) is 0.200. The maximum atomic E-state index is 13.7. The molecule has 21 heavy (non-hydrogen) atoms. The number of fused-ring (bicyclic) bond motifs is 1. The summed E-state index contributed by atoms with van der Waals surface area (Å²) in [6.07, 6.45) is 0.614. The fourth-order valence-electron chi connectivity index (χ4n) is 2.48. The van der Waals surface area contributed by atoms with Crippen molar-refractivity contribution in [2.45, 2.75) is 12.5 Å².